The second kappa shape index (κ2) is 5.34. The number of nitrogens with zero attached hydrogens (tertiary/aromatic N) is 1. The van der Waals surface area contributed by atoms with Gasteiger partial charge in [-0.25, -0.2) is 0 Å². The van der Waals surface area contributed by atoms with Crippen LogP contribution in [0.3, 0.4) is 0 Å². The molecular weight excluding hydrogens is 266 g/mol. The van der Waals surface area contributed by atoms with Crippen molar-refractivity contribution in [3.05, 3.63) is 28.2 Å². The third kappa shape index (κ3) is 2.76. The summed E-state index contributed by atoms with van der Waals surface area (Å²) in [7, 11) is 0. The molecule has 1 aromatic carbocycles. The van der Waals surface area contributed by atoms with Gasteiger partial charge >= 0.3 is 0 Å². The van der Waals surface area contributed by atoms with E-state index in [-0.39, 0.29) is 5.84 Å². The topological polar surface area (TPSA) is 53.1 Å². The van der Waals surface area contributed by atoms with E-state index in [1.807, 2.05) is 18.2 Å². The van der Waals surface area contributed by atoms with Gasteiger partial charge in [-0.05, 0) is 54.9 Å². The van der Waals surface area contributed by atoms with Gasteiger partial charge in [-0.15, -0.1) is 0 Å². The molecule has 0 saturated carbocycles. The summed E-state index contributed by atoms with van der Waals surface area (Å²) in [5.41, 5.74) is 7.36. The summed E-state index contributed by atoms with van der Waals surface area (Å²) in [5, 5.41) is 7.42. The van der Waals surface area contributed by atoms with Crippen LogP contribution in [0, 0.1) is 5.41 Å². The first-order chi connectivity index (χ1) is 7.47. The number of amidine groups is 1. The monoisotopic (exact) mass is 283 g/mol. The molecule has 16 heavy (non-hydrogen) atoms. The standard InChI is InChI=1S/C12H18BrN3/c1-4-16(8(2)3)9-5-6-10(12(14)15)11(13)7-9/h5-8H,4H2,1-3H3,(H3,14,15). The second-order valence-corrected chi connectivity index (χ2v) is 4.81. The Kier molecular flexibility index (Phi) is 4.35. The number of nitrogens with two attached hydrogens (primary N) is 1. The van der Waals surface area contributed by atoms with E-state index in [0.29, 0.717) is 6.04 Å². The Morgan fingerprint density at radius 1 is 1.50 bits per heavy atom. The predicted octanol–water partition coefficient (Wildman–Crippen LogP) is 2.97. The number of nitrogens with one attached hydrogen (secondary N) is 1. The summed E-state index contributed by atoms with van der Waals surface area (Å²) < 4.78 is 0.872. The van der Waals surface area contributed by atoms with E-state index < -0.39 is 0 Å². The quantitative estimate of drug-likeness (QED) is 0.659. The van der Waals surface area contributed by atoms with Crippen molar-refractivity contribution < 1.29 is 0 Å². The molecule has 3 nitrogen and oxygen atoms in total. The first kappa shape index (κ1) is 13.0. The predicted molar refractivity (Wildman–Crippen MR) is 73.3 cm³/mol. The highest BCUT2D eigenvalue weighted by Crippen LogP contribution is 2.25. The summed E-state index contributed by atoms with van der Waals surface area (Å²) in [5.74, 6) is 0.0889. The molecule has 0 heterocycles. The third-order valence-electron chi connectivity index (χ3n) is 2.54. The molecule has 4 heteroatoms. The van der Waals surface area contributed by atoms with Crippen molar-refractivity contribution in [3.63, 3.8) is 0 Å². The maximum atomic E-state index is 7.42. The molecule has 1 rings (SSSR count). The van der Waals surface area contributed by atoms with Crippen LogP contribution in [0.2, 0.25) is 0 Å². The molecule has 0 aliphatic heterocycles. The number of benzene rings is 1. The molecule has 0 spiro atoms. The molecule has 0 amide bonds. The Balaban J connectivity index is 3.09. The molecule has 0 saturated heterocycles. The van der Waals surface area contributed by atoms with Gasteiger partial charge < -0.3 is 10.6 Å². The molecule has 0 unspecified atom stereocenters. The molecule has 0 atom stereocenters. The largest absolute Gasteiger partial charge is 0.384 e. The Labute approximate surface area is 105 Å². The van der Waals surface area contributed by atoms with E-state index >= 15 is 0 Å². The Morgan fingerprint density at radius 2 is 2.12 bits per heavy atom. The van der Waals surface area contributed by atoms with E-state index in [1.165, 1.54) is 0 Å². The lowest BCUT2D eigenvalue weighted by molar-refractivity contribution is 0.703. The zero-order valence-corrected chi connectivity index (χ0v) is 11.5. The zero-order chi connectivity index (χ0) is 12.3. The van der Waals surface area contributed by atoms with Crippen LogP contribution in [-0.4, -0.2) is 18.4 Å². The lowest BCUT2D eigenvalue weighted by Gasteiger charge is -2.28. The first-order valence-corrected chi connectivity index (χ1v) is 6.17. The van der Waals surface area contributed by atoms with Crippen molar-refractivity contribution in [3.8, 4) is 0 Å². The van der Waals surface area contributed by atoms with Gasteiger partial charge in [0.1, 0.15) is 5.84 Å². The van der Waals surface area contributed by atoms with Gasteiger partial charge in [0.2, 0.25) is 0 Å². The molecule has 0 aliphatic rings. The van der Waals surface area contributed by atoms with Gasteiger partial charge in [-0.3, -0.25) is 5.41 Å². The molecule has 0 fully saturated rings. The van der Waals surface area contributed by atoms with Gasteiger partial charge in [-0.1, -0.05) is 0 Å². The molecule has 88 valence electrons. The van der Waals surface area contributed by atoms with Crippen LogP contribution >= 0.6 is 15.9 Å². The summed E-state index contributed by atoms with van der Waals surface area (Å²) in [6.45, 7) is 7.42. The van der Waals surface area contributed by atoms with Crippen molar-refractivity contribution in [2.24, 2.45) is 5.73 Å². The van der Waals surface area contributed by atoms with Crippen LogP contribution in [0.5, 0.6) is 0 Å². The number of rotatable bonds is 4. The van der Waals surface area contributed by atoms with Gasteiger partial charge in [0.25, 0.3) is 0 Å². The van der Waals surface area contributed by atoms with Crippen LogP contribution in [-0.2, 0) is 0 Å². The lowest BCUT2D eigenvalue weighted by atomic mass is 10.1. The molecule has 0 radical (unpaired) electrons. The fourth-order valence-corrected chi connectivity index (χ4v) is 2.33. The fraction of sp³-hybridized carbons (Fsp3) is 0.417. The van der Waals surface area contributed by atoms with Crippen molar-refractivity contribution in [2.75, 3.05) is 11.4 Å². The molecular formula is C12H18BrN3. The van der Waals surface area contributed by atoms with Gasteiger partial charge in [0, 0.05) is 28.3 Å². The average molecular weight is 284 g/mol. The van der Waals surface area contributed by atoms with Crippen molar-refractivity contribution in [2.45, 2.75) is 26.8 Å². The summed E-state index contributed by atoms with van der Waals surface area (Å²) in [6, 6.07) is 6.36. The maximum absolute atomic E-state index is 7.42. The summed E-state index contributed by atoms with van der Waals surface area (Å²) >= 11 is 3.45. The Bertz CT molecular complexity index is 388. The molecule has 0 aromatic heterocycles. The number of hydrogen-bond donors (Lipinski definition) is 2. The van der Waals surface area contributed by atoms with Crippen LogP contribution in [0.4, 0.5) is 5.69 Å². The fourth-order valence-electron chi connectivity index (χ4n) is 1.75. The van der Waals surface area contributed by atoms with E-state index in [4.69, 9.17) is 11.1 Å². The Hall–Kier alpha value is -1.03. The minimum atomic E-state index is 0.0889. The lowest BCUT2D eigenvalue weighted by Crippen LogP contribution is -2.30. The SMILES string of the molecule is CCN(c1ccc(C(=N)N)c(Br)c1)C(C)C. The van der Waals surface area contributed by atoms with Crippen molar-refractivity contribution in [1.82, 2.24) is 0 Å². The number of hydrogen-bond acceptors (Lipinski definition) is 2. The minimum Gasteiger partial charge on any atom is -0.384 e. The van der Waals surface area contributed by atoms with Crippen LogP contribution in [0.15, 0.2) is 22.7 Å². The zero-order valence-electron chi connectivity index (χ0n) is 9.92. The maximum Gasteiger partial charge on any atom is 0.123 e. The third-order valence-corrected chi connectivity index (χ3v) is 3.19. The average Bonchev–Trinajstić information content (AvgIpc) is 2.17. The van der Waals surface area contributed by atoms with E-state index in [2.05, 4.69) is 41.6 Å². The van der Waals surface area contributed by atoms with Gasteiger partial charge in [-0.2, -0.15) is 0 Å². The Morgan fingerprint density at radius 3 is 2.50 bits per heavy atom. The highest BCUT2D eigenvalue weighted by molar-refractivity contribution is 9.10. The summed E-state index contributed by atoms with van der Waals surface area (Å²) in [6.07, 6.45) is 0. The normalized spacial score (nSPS) is 10.6. The van der Waals surface area contributed by atoms with Crippen LogP contribution in [0.25, 0.3) is 0 Å². The van der Waals surface area contributed by atoms with Crippen LogP contribution < -0.4 is 10.6 Å². The highest BCUT2D eigenvalue weighted by atomic mass is 79.9. The van der Waals surface area contributed by atoms with E-state index in [9.17, 15) is 0 Å². The van der Waals surface area contributed by atoms with Crippen molar-refractivity contribution >= 4 is 27.5 Å². The summed E-state index contributed by atoms with van der Waals surface area (Å²) in [4.78, 5) is 2.29. The number of halogens is 1. The number of nitrogen functional groups attached to an aromatic ring is 1. The minimum absolute atomic E-state index is 0.0889. The molecule has 0 aliphatic carbocycles. The first-order valence-electron chi connectivity index (χ1n) is 5.38. The smallest absolute Gasteiger partial charge is 0.123 e. The van der Waals surface area contributed by atoms with Gasteiger partial charge in [0.05, 0.1) is 0 Å². The highest BCUT2D eigenvalue weighted by Gasteiger charge is 2.10. The van der Waals surface area contributed by atoms with Crippen molar-refractivity contribution in [1.29, 1.82) is 5.41 Å². The van der Waals surface area contributed by atoms with Gasteiger partial charge in [0.15, 0.2) is 0 Å². The van der Waals surface area contributed by atoms with Crippen LogP contribution in [0.1, 0.15) is 26.3 Å². The molecule has 0 bridgehead atoms. The second-order valence-electron chi connectivity index (χ2n) is 3.96. The molecule has 1 aromatic rings. The van der Waals surface area contributed by atoms with E-state index in [0.717, 1.165) is 22.3 Å². The number of anilines is 1. The molecule has 3 N–H and O–H groups in total. The van der Waals surface area contributed by atoms with E-state index in [1.54, 1.807) is 0 Å².